The molecule has 3 nitrogen and oxygen atoms in total. The van der Waals surface area contributed by atoms with E-state index in [2.05, 4.69) is 13.8 Å². The third-order valence-electron chi connectivity index (χ3n) is 3.16. The minimum Gasteiger partial charge on any atom is -0.462 e. The van der Waals surface area contributed by atoms with Crippen LogP contribution < -0.4 is 5.73 Å². The van der Waals surface area contributed by atoms with Crippen LogP contribution in [-0.2, 0) is 9.53 Å². The summed E-state index contributed by atoms with van der Waals surface area (Å²) in [4.78, 5) is 11.8. The molecule has 2 N–H and O–H groups in total. The smallest absolute Gasteiger partial charge is 0.334 e. The first-order valence-corrected chi connectivity index (χ1v) is 7.82. The highest BCUT2D eigenvalue weighted by atomic mass is 16.5. The molecule has 0 rings (SSSR count). The summed E-state index contributed by atoms with van der Waals surface area (Å²) >= 11 is 0. The second-order valence-electron chi connectivity index (χ2n) is 4.98. The fourth-order valence-corrected chi connectivity index (χ4v) is 1.88. The molecule has 0 fully saturated rings. The van der Waals surface area contributed by atoms with Crippen molar-refractivity contribution in [2.75, 3.05) is 13.2 Å². The number of hydrogen-bond donors (Lipinski definition) is 1. The first-order chi connectivity index (χ1) is 9.26. The van der Waals surface area contributed by atoms with Gasteiger partial charge in [-0.3, -0.25) is 0 Å². The van der Waals surface area contributed by atoms with E-state index in [0.717, 1.165) is 25.7 Å². The van der Waals surface area contributed by atoms with Gasteiger partial charge in [-0.15, -0.1) is 0 Å². The zero-order valence-corrected chi connectivity index (χ0v) is 12.7. The average molecular weight is 269 g/mol. The molecule has 0 aliphatic rings. The van der Waals surface area contributed by atoms with Crippen molar-refractivity contribution in [1.29, 1.82) is 0 Å². The maximum absolute atomic E-state index is 11.8. The maximum Gasteiger partial charge on any atom is 0.334 e. The van der Waals surface area contributed by atoms with Crippen LogP contribution in [0.25, 0.3) is 0 Å². The highest BCUT2D eigenvalue weighted by molar-refractivity contribution is 5.88. The molecular weight excluding hydrogens is 238 g/mol. The third-order valence-corrected chi connectivity index (χ3v) is 3.16. The molecular formula is C16H31NO2. The van der Waals surface area contributed by atoms with Crippen LogP contribution in [0.5, 0.6) is 0 Å². The standard InChI is InChI=1S/C16H31NO2/c1-3-5-7-9-10-12-15(14-17)16(18)19-13-11-8-6-4-2/h12H,3-11,13-14,17H2,1-2H3. The predicted octanol–water partition coefficient (Wildman–Crippen LogP) is 3.97. The van der Waals surface area contributed by atoms with Gasteiger partial charge < -0.3 is 10.5 Å². The number of nitrogens with two attached hydrogens (primary N) is 1. The van der Waals surface area contributed by atoms with Gasteiger partial charge in [0, 0.05) is 12.1 Å². The minimum absolute atomic E-state index is 0.227. The molecule has 19 heavy (non-hydrogen) atoms. The van der Waals surface area contributed by atoms with Gasteiger partial charge in [-0.2, -0.15) is 0 Å². The van der Waals surface area contributed by atoms with Crippen LogP contribution in [0.15, 0.2) is 11.6 Å². The Balaban J connectivity index is 3.79. The number of unbranched alkanes of at least 4 members (excludes halogenated alkanes) is 7. The molecule has 0 aromatic heterocycles. The number of rotatable bonds is 12. The molecule has 0 spiro atoms. The van der Waals surface area contributed by atoms with Gasteiger partial charge in [0.15, 0.2) is 0 Å². The lowest BCUT2D eigenvalue weighted by atomic mass is 10.1. The Morgan fingerprint density at radius 3 is 2.21 bits per heavy atom. The molecule has 0 amide bonds. The van der Waals surface area contributed by atoms with Crippen molar-refractivity contribution in [1.82, 2.24) is 0 Å². The van der Waals surface area contributed by atoms with Crippen molar-refractivity contribution >= 4 is 5.97 Å². The van der Waals surface area contributed by atoms with Crippen molar-refractivity contribution in [2.45, 2.75) is 71.6 Å². The quantitative estimate of drug-likeness (QED) is 0.331. The van der Waals surface area contributed by atoms with Gasteiger partial charge in [0.25, 0.3) is 0 Å². The van der Waals surface area contributed by atoms with Gasteiger partial charge in [-0.1, -0.05) is 58.4 Å². The molecule has 3 heteroatoms. The van der Waals surface area contributed by atoms with Crippen LogP contribution >= 0.6 is 0 Å². The van der Waals surface area contributed by atoms with Gasteiger partial charge in [-0.25, -0.2) is 4.79 Å². The zero-order valence-electron chi connectivity index (χ0n) is 12.7. The van der Waals surface area contributed by atoms with Crippen molar-refractivity contribution in [3.63, 3.8) is 0 Å². The molecule has 0 saturated carbocycles. The monoisotopic (exact) mass is 269 g/mol. The first-order valence-electron chi connectivity index (χ1n) is 7.82. The molecule has 112 valence electrons. The van der Waals surface area contributed by atoms with Gasteiger partial charge >= 0.3 is 5.97 Å². The second-order valence-corrected chi connectivity index (χ2v) is 4.98. The van der Waals surface area contributed by atoms with E-state index in [4.69, 9.17) is 10.5 Å². The summed E-state index contributed by atoms with van der Waals surface area (Å²) in [5, 5.41) is 0. The number of ether oxygens (including phenoxy) is 1. The van der Waals surface area contributed by atoms with Gasteiger partial charge in [0.2, 0.25) is 0 Å². The molecule has 0 atom stereocenters. The van der Waals surface area contributed by atoms with Gasteiger partial charge in [0.05, 0.1) is 6.61 Å². The number of allylic oxidation sites excluding steroid dienone is 1. The van der Waals surface area contributed by atoms with E-state index < -0.39 is 0 Å². The third kappa shape index (κ3) is 10.8. The van der Waals surface area contributed by atoms with Crippen LogP contribution in [0.4, 0.5) is 0 Å². The molecule has 0 bridgehead atoms. The topological polar surface area (TPSA) is 52.3 Å². The Labute approximate surface area is 118 Å². The molecule has 0 aromatic carbocycles. The largest absolute Gasteiger partial charge is 0.462 e. The van der Waals surface area contributed by atoms with Gasteiger partial charge in [-0.05, 0) is 19.3 Å². The van der Waals surface area contributed by atoms with Crippen LogP contribution in [0, 0.1) is 0 Å². The number of carbonyl (C=O) groups is 1. The van der Waals surface area contributed by atoms with E-state index in [0.29, 0.717) is 12.2 Å². The maximum atomic E-state index is 11.8. The fraction of sp³-hybridized carbons (Fsp3) is 0.812. The van der Waals surface area contributed by atoms with Gasteiger partial charge in [0.1, 0.15) is 0 Å². The van der Waals surface area contributed by atoms with Crippen molar-refractivity contribution in [3.8, 4) is 0 Å². The summed E-state index contributed by atoms with van der Waals surface area (Å²) in [6.45, 7) is 5.16. The van der Waals surface area contributed by atoms with Crippen LogP contribution in [0.2, 0.25) is 0 Å². The summed E-state index contributed by atoms with van der Waals surface area (Å²) < 4.78 is 5.23. The lowest BCUT2D eigenvalue weighted by Gasteiger charge is -2.06. The molecule has 0 aromatic rings. The highest BCUT2D eigenvalue weighted by Crippen LogP contribution is 2.07. The summed E-state index contributed by atoms with van der Waals surface area (Å²) in [6.07, 6.45) is 12.2. The summed E-state index contributed by atoms with van der Waals surface area (Å²) in [6, 6.07) is 0. The summed E-state index contributed by atoms with van der Waals surface area (Å²) in [5.74, 6) is -0.227. The number of esters is 1. The van der Waals surface area contributed by atoms with Crippen molar-refractivity contribution in [3.05, 3.63) is 11.6 Å². The molecule has 0 aliphatic carbocycles. The lowest BCUT2D eigenvalue weighted by molar-refractivity contribution is -0.139. The van der Waals surface area contributed by atoms with E-state index in [1.807, 2.05) is 6.08 Å². The normalized spacial score (nSPS) is 11.6. The zero-order chi connectivity index (χ0) is 14.3. The van der Waals surface area contributed by atoms with Crippen molar-refractivity contribution < 1.29 is 9.53 Å². The first kappa shape index (κ1) is 18.2. The Bertz CT molecular complexity index is 249. The Morgan fingerprint density at radius 2 is 1.63 bits per heavy atom. The summed E-state index contributed by atoms with van der Waals surface area (Å²) in [5.41, 5.74) is 6.23. The van der Waals surface area contributed by atoms with Crippen LogP contribution in [0.1, 0.15) is 71.6 Å². The number of hydrogen-bond acceptors (Lipinski definition) is 3. The lowest BCUT2D eigenvalue weighted by Crippen LogP contribution is -2.16. The molecule has 0 saturated heterocycles. The second kappa shape index (κ2) is 13.6. The van der Waals surface area contributed by atoms with E-state index >= 15 is 0 Å². The Morgan fingerprint density at radius 1 is 1.00 bits per heavy atom. The van der Waals surface area contributed by atoms with E-state index in [-0.39, 0.29) is 12.5 Å². The fourth-order valence-electron chi connectivity index (χ4n) is 1.88. The highest BCUT2D eigenvalue weighted by Gasteiger charge is 2.08. The number of carbonyl (C=O) groups excluding carboxylic acids is 1. The van der Waals surface area contributed by atoms with Crippen LogP contribution in [0.3, 0.4) is 0 Å². The van der Waals surface area contributed by atoms with E-state index in [1.54, 1.807) is 0 Å². The van der Waals surface area contributed by atoms with E-state index in [9.17, 15) is 4.79 Å². The SMILES string of the molecule is CCCCCCC=C(CN)C(=O)OCCCCCC. The van der Waals surface area contributed by atoms with E-state index in [1.165, 1.54) is 32.1 Å². The van der Waals surface area contributed by atoms with Crippen LogP contribution in [-0.4, -0.2) is 19.1 Å². The molecule has 0 unspecified atom stereocenters. The molecule has 0 aliphatic heterocycles. The summed E-state index contributed by atoms with van der Waals surface area (Å²) in [7, 11) is 0. The predicted molar refractivity (Wildman–Crippen MR) is 81.0 cm³/mol. The van der Waals surface area contributed by atoms with Crippen molar-refractivity contribution in [2.24, 2.45) is 5.73 Å². The minimum atomic E-state index is -0.227. The average Bonchev–Trinajstić information content (AvgIpc) is 2.42. The Kier molecular flexibility index (Phi) is 13.0. The molecule has 0 heterocycles. The Hall–Kier alpha value is -0.830. The molecule has 0 radical (unpaired) electrons.